The number of ether oxygens (including phenoxy) is 1. The van der Waals surface area contributed by atoms with E-state index in [9.17, 15) is 4.79 Å². The molecule has 0 aromatic heterocycles. The van der Waals surface area contributed by atoms with Crippen molar-refractivity contribution >= 4 is 23.4 Å². The van der Waals surface area contributed by atoms with E-state index in [1.165, 1.54) is 0 Å². The van der Waals surface area contributed by atoms with Gasteiger partial charge in [-0.25, -0.2) is 4.79 Å². The molecule has 2 aromatic carbocycles. The van der Waals surface area contributed by atoms with Gasteiger partial charge in [-0.1, -0.05) is 54.1 Å². The number of carbonyl (C=O) groups is 1. The third kappa shape index (κ3) is 3.71. The van der Waals surface area contributed by atoms with Crippen LogP contribution < -0.4 is 11.5 Å². The third-order valence-electron chi connectivity index (χ3n) is 3.35. The summed E-state index contributed by atoms with van der Waals surface area (Å²) in [6.45, 7) is 3.55. The first kappa shape index (κ1) is 16.2. The van der Waals surface area contributed by atoms with Gasteiger partial charge < -0.3 is 16.2 Å². The predicted octanol–water partition coefficient (Wildman–Crippen LogP) is 4.01. The van der Waals surface area contributed by atoms with Crippen molar-refractivity contribution in [2.75, 3.05) is 5.73 Å². The minimum absolute atomic E-state index is 0.427. The molecule has 4 N–H and O–H groups in total. The first-order chi connectivity index (χ1) is 10.3. The molecule has 22 heavy (non-hydrogen) atoms. The number of carbonyl (C=O) groups excluding carboxylic acids is 1. The molecule has 0 atom stereocenters. The number of primary amides is 1. The van der Waals surface area contributed by atoms with Crippen LogP contribution in [0.3, 0.4) is 0 Å². The van der Waals surface area contributed by atoms with E-state index in [4.69, 9.17) is 27.8 Å². The maximum Gasteiger partial charge on any atom is 0.405 e. The number of anilines is 1. The summed E-state index contributed by atoms with van der Waals surface area (Å²) in [5.74, 6) is 0. The van der Waals surface area contributed by atoms with Crippen molar-refractivity contribution in [2.45, 2.75) is 25.9 Å². The Bertz CT molecular complexity index is 685. The topological polar surface area (TPSA) is 78.3 Å². The Morgan fingerprint density at radius 1 is 1.18 bits per heavy atom. The molecule has 5 heteroatoms. The van der Waals surface area contributed by atoms with Crippen LogP contribution in [0.15, 0.2) is 42.5 Å². The van der Waals surface area contributed by atoms with Gasteiger partial charge in [0, 0.05) is 12.0 Å². The summed E-state index contributed by atoms with van der Waals surface area (Å²) in [4.78, 5) is 10.9. The van der Waals surface area contributed by atoms with Crippen LogP contribution in [-0.2, 0) is 11.2 Å². The lowest BCUT2D eigenvalue weighted by Gasteiger charge is -2.25. The number of hydrogen-bond donors (Lipinski definition) is 2. The maximum atomic E-state index is 10.9. The van der Waals surface area contributed by atoms with E-state index < -0.39 is 11.7 Å². The Labute approximate surface area is 135 Å². The molecule has 0 bridgehead atoms. The molecule has 1 amide bonds. The van der Waals surface area contributed by atoms with Crippen LogP contribution in [0.5, 0.6) is 0 Å². The molecule has 0 saturated carbocycles. The van der Waals surface area contributed by atoms with E-state index in [0.717, 1.165) is 16.7 Å². The highest BCUT2D eigenvalue weighted by molar-refractivity contribution is 6.36. The number of nitrogen functional groups attached to an aromatic ring is 1. The molecule has 4 nitrogen and oxygen atoms in total. The Morgan fingerprint density at radius 3 is 2.41 bits per heavy atom. The van der Waals surface area contributed by atoms with Gasteiger partial charge in [0.05, 0.1) is 10.7 Å². The van der Waals surface area contributed by atoms with Gasteiger partial charge in [-0.3, -0.25) is 0 Å². The molecule has 0 aliphatic rings. The Morgan fingerprint density at radius 2 is 1.82 bits per heavy atom. The summed E-state index contributed by atoms with van der Waals surface area (Å²) < 4.78 is 5.09. The molecule has 0 saturated heterocycles. The minimum Gasteiger partial charge on any atom is -0.443 e. The fraction of sp³-hybridized carbons (Fsp3) is 0.235. The lowest BCUT2D eigenvalue weighted by atomic mass is 9.94. The minimum atomic E-state index is -0.810. The Balaban J connectivity index is 2.33. The molecule has 0 heterocycles. The summed E-state index contributed by atoms with van der Waals surface area (Å²) >= 11 is 6.41. The zero-order valence-corrected chi connectivity index (χ0v) is 13.4. The van der Waals surface area contributed by atoms with Crippen LogP contribution in [0.4, 0.5) is 10.5 Å². The zero-order chi connectivity index (χ0) is 16.3. The van der Waals surface area contributed by atoms with Crippen molar-refractivity contribution in [2.24, 2.45) is 5.73 Å². The average Bonchev–Trinajstić information content (AvgIpc) is 2.43. The Hall–Kier alpha value is -2.20. The van der Waals surface area contributed by atoms with Gasteiger partial charge in [-0.05, 0) is 25.0 Å². The van der Waals surface area contributed by atoms with Crippen LogP contribution in [0.1, 0.15) is 19.4 Å². The monoisotopic (exact) mass is 318 g/mol. The van der Waals surface area contributed by atoms with E-state index in [1.54, 1.807) is 13.8 Å². The first-order valence-corrected chi connectivity index (χ1v) is 7.29. The number of benzene rings is 2. The number of hydrogen-bond acceptors (Lipinski definition) is 3. The van der Waals surface area contributed by atoms with Crippen molar-refractivity contribution < 1.29 is 9.53 Å². The largest absolute Gasteiger partial charge is 0.443 e. The second-order valence-electron chi connectivity index (χ2n) is 5.72. The summed E-state index contributed by atoms with van der Waals surface area (Å²) in [5, 5.41) is 0.499. The van der Waals surface area contributed by atoms with E-state index in [0.29, 0.717) is 17.1 Å². The fourth-order valence-electron chi connectivity index (χ4n) is 2.39. The van der Waals surface area contributed by atoms with Crippen molar-refractivity contribution in [1.29, 1.82) is 0 Å². The van der Waals surface area contributed by atoms with Crippen molar-refractivity contribution in [1.82, 2.24) is 0 Å². The molecule has 0 unspecified atom stereocenters. The predicted molar refractivity (Wildman–Crippen MR) is 89.8 cm³/mol. The van der Waals surface area contributed by atoms with Gasteiger partial charge in [-0.15, -0.1) is 0 Å². The van der Waals surface area contributed by atoms with Gasteiger partial charge in [0.2, 0.25) is 0 Å². The van der Waals surface area contributed by atoms with Gasteiger partial charge >= 0.3 is 6.09 Å². The van der Waals surface area contributed by atoms with E-state index in [-0.39, 0.29) is 0 Å². The van der Waals surface area contributed by atoms with Gasteiger partial charge in [0.1, 0.15) is 5.60 Å². The van der Waals surface area contributed by atoms with E-state index in [1.807, 2.05) is 42.5 Å². The van der Waals surface area contributed by atoms with E-state index >= 15 is 0 Å². The third-order valence-corrected chi connectivity index (χ3v) is 3.76. The normalized spacial score (nSPS) is 11.2. The van der Waals surface area contributed by atoms with Gasteiger partial charge in [0.15, 0.2) is 0 Å². The Kier molecular flexibility index (Phi) is 4.62. The van der Waals surface area contributed by atoms with Crippen molar-refractivity contribution in [3.63, 3.8) is 0 Å². The second-order valence-corrected chi connectivity index (χ2v) is 6.10. The molecular formula is C17H19ClN2O2. The summed E-state index contributed by atoms with van der Waals surface area (Å²) in [7, 11) is 0. The van der Waals surface area contributed by atoms with Crippen LogP contribution in [0, 0.1) is 0 Å². The highest BCUT2D eigenvalue weighted by Crippen LogP contribution is 2.36. The highest BCUT2D eigenvalue weighted by atomic mass is 35.5. The lowest BCUT2D eigenvalue weighted by Crippen LogP contribution is -2.33. The molecular weight excluding hydrogens is 300 g/mol. The highest BCUT2D eigenvalue weighted by Gasteiger charge is 2.24. The van der Waals surface area contributed by atoms with Crippen LogP contribution in [0.25, 0.3) is 11.1 Å². The van der Waals surface area contributed by atoms with Crippen molar-refractivity contribution in [3.8, 4) is 11.1 Å². The fourth-order valence-corrected chi connectivity index (χ4v) is 2.69. The molecule has 0 aliphatic carbocycles. The van der Waals surface area contributed by atoms with Crippen molar-refractivity contribution in [3.05, 3.63) is 53.1 Å². The molecule has 2 rings (SSSR count). The number of halogens is 1. The van der Waals surface area contributed by atoms with Gasteiger partial charge in [-0.2, -0.15) is 0 Å². The summed E-state index contributed by atoms with van der Waals surface area (Å²) in [5.41, 5.74) is 13.7. The summed E-state index contributed by atoms with van der Waals surface area (Å²) in [6.07, 6.45) is -0.383. The van der Waals surface area contributed by atoms with Crippen LogP contribution in [0.2, 0.25) is 5.02 Å². The molecule has 116 valence electrons. The summed E-state index contributed by atoms with van der Waals surface area (Å²) in [6, 6.07) is 13.6. The van der Waals surface area contributed by atoms with Crippen LogP contribution >= 0.6 is 11.6 Å². The lowest BCUT2D eigenvalue weighted by molar-refractivity contribution is 0.0461. The molecule has 0 radical (unpaired) electrons. The van der Waals surface area contributed by atoms with E-state index in [2.05, 4.69) is 0 Å². The molecule has 2 aromatic rings. The molecule has 0 spiro atoms. The molecule has 0 fully saturated rings. The number of nitrogens with two attached hydrogens (primary N) is 2. The number of rotatable bonds is 4. The first-order valence-electron chi connectivity index (χ1n) is 6.91. The van der Waals surface area contributed by atoms with Gasteiger partial charge in [0.25, 0.3) is 0 Å². The standard InChI is InChI=1S/C17H19ClN2O2/c1-17(2,22-16(20)21)10-12-8-9-13(14(18)15(12)19)11-6-4-3-5-7-11/h3-9H,10,19H2,1-2H3,(H2,20,21). The smallest absolute Gasteiger partial charge is 0.405 e. The second kappa shape index (κ2) is 6.28. The SMILES string of the molecule is CC(C)(Cc1ccc(-c2ccccc2)c(Cl)c1N)OC(N)=O. The average molecular weight is 319 g/mol. The molecule has 0 aliphatic heterocycles. The quantitative estimate of drug-likeness (QED) is 0.836. The number of amides is 1. The zero-order valence-electron chi connectivity index (χ0n) is 12.6. The van der Waals surface area contributed by atoms with Crippen LogP contribution in [-0.4, -0.2) is 11.7 Å². The maximum absolute atomic E-state index is 10.9.